The van der Waals surface area contributed by atoms with Gasteiger partial charge in [-0.3, -0.25) is 4.79 Å². The number of aliphatic hydroxyl groups is 1. The summed E-state index contributed by atoms with van der Waals surface area (Å²) < 4.78 is 4.99. The number of rotatable bonds is 6. The summed E-state index contributed by atoms with van der Waals surface area (Å²) in [4.78, 5) is 17.9. The Labute approximate surface area is 104 Å². The lowest BCUT2D eigenvalue weighted by atomic mass is 10.2. The number of hydrogen-bond donors (Lipinski definition) is 3. The average Bonchev–Trinajstić information content (AvgIpc) is 2.31. The number of nitrogens with one attached hydrogen (secondary N) is 2. The van der Waals surface area contributed by atoms with E-state index in [9.17, 15) is 9.90 Å². The van der Waals surface area contributed by atoms with Gasteiger partial charge in [-0.25, -0.2) is 4.98 Å². The number of methoxy groups -OCH3 is 1. The molecule has 1 heterocycles. The van der Waals surface area contributed by atoms with Gasteiger partial charge >= 0.3 is 0 Å². The quantitative estimate of drug-likeness (QED) is 0.681. The van der Waals surface area contributed by atoms with Gasteiger partial charge in [0.25, 0.3) is 5.56 Å². The number of ether oxygens (including phenoxy) is 1. The highest BCUT2D eigenvalue weighted by Gasteiger charge is 2.18. The minimum absolute atomic E-state index is 0.0285. The predicted molar refractivity (Wildman–Crippen MR) is 68.9 cm³/mol. The Hall–Kier alpha value is -1.21. The number of nitrogens with zero attached hydrogens (tertiary/aromatic N) is 1. The van der Waals surface area contributed by atoms with Crippen molar-refractivity contribution in [1.29, 1.82) is 0 Å². The van der Waals surface area contributed by atoms with E-state index in [2.05, 4.69) is 15.3 Å². The zero-order chi connectivity index (χ0) is 12.8. The first-order valence-electron chi connectivity index (χ1n) is 5.15. The van der Waals surface area contributed by atoms with Gasteiger partial charge in [0, 0.05) is 11.3 Å². The molecule has 7 heteroatoms. The molecule has 0 saturated heterocycles. The van der Waals surface area contributed by atoms with Crippen LogP contribution in [0.25, 0.3) is 0 Å². The number of aliphatic hydroxyl groups excluding tert-OH is 1. The van der Waals surface area contributed by atoms with Gasteiger partial charge in [0.15, 0.2) is 5.82 Å². The summed E-state index contributed by atoms with van der Waals surface area (Å²) in [5.41, 5.74) is -0.332. The second-order valence-corrected chi connectivity index (χ2v) is 4.58. The first-order chi connectivity index (χ1) is 8.13. The highest BCUT2D eigenvalue weighted by Crippen LogP contribution is 2.19. The molecule has 0 radical (unpaired) electrons. The van der Waals surface area contributed by atoms with Crippen molar-refractivity contribution in [1.82, 2.24) is 9.97 Å². The fraction of sp³-hybridized carbons (Fsp3) is 0.600. The molecule has 0 aliphatic carbocycles. The highest BCUT2D eigenvalue weighted by molar-refractivity contribution is 7.99. The summed E-state index contributed by atoms with van der Waals surface area (Å²) in [6, 6.07) is -0.0294. The van der Waals surface area contributed by atoms with Gasteiger partial charge in [0.05, 0.1) is 20.0 Å². The lowest BCUT2D eigenvalue weighted by molar-refractivity contribution is 0.288. The van der Waals surface area contributed by atoms with Crippen molar-refractivity contribution in [2.75, 3.05) is 25.3 Å². The van der Waals surface area contributed by atoms with Gasteiger partial charge < -0.3 is 20.1 Å². The minimum Gasteiger partial charge on any atom is -0.489 e. The van der Waals surface area contributed by atoms with Crippen molar-refractivity contribution >= 4 is 17.6 Å². The number of anilines is 1. The molecule has 0 saturated carbocycles. The maximum Gasteiger partial charge on any atom is 0.295 e. The van der Waals surface area contributed by atoms with Gasteiger partial charge in [-0.05, 0) is 13.2 Å². The molecule has 2 unspecified atom stereocenters. The summed E-state index contributed by atoms with van der Waals surface area (Å²) in [5.74, 6) is 0.536. The van der Waals surface area contributed by atoms with E-state index in [0.29, 0.717) is 5.82 Å². The number of aromatic amines is 1. The Morgan fingerprint density at radius 3 is 2.94 bits per heavy atom. The largest absolute Gasteiger partial charge is 0.489 e. The zero-order valence-electron chi connectivity index (χ0n) is 10.1. The van der Waals surface area contributed by atoms with Crippen molar-refractivity contribution in [2.24, 2.45) is 0 Å². The molecule has 6 nitrogen and oxygen atoms in total. The van der Waals surface area contributed by atoms with Crippen molar-refractivity contribution < 1.29 is 9.84 Å². The van der Waals surface area contributed by atoms with E-state index in [4.69, 9.17) is 4.74 Å². The van der Waals surface area contributed by atoms with Crippen LogP contribution in [-0.2, 0) is 0 Å². The van der Waals surface area contributed by atoms with Crippen LogP contribution in [0.1, 0.15) is 6.92 Å². The van der Waals surface area contributed by atoms with Gasteiger partial charge in [0.1, 0.15) is 0 Å². The van der Waals surface area contributed by atoms with E-state index in [1.807, 2.05) is 13.2 Å². The van der Waals surface area contributed by atoms with E-state index in [0.717, 1.165) is 0 Å². The maximum absolute atomic E-state index is 11.4. The summed E-state index contributed by atoms with van der Waals surface area (Å²) in [6.07, 6.45) is 3.23. The van der Waals surface area contributed by atoms with E-state index in [1.165, 1.54) is 13.4 Å². The normalized spacial score (nSPS) is 14.1. The summed E-state index contributed by atoms with van der Waals surface area (Å²) >= 11 is 1.55. The van der Waals surface area contributed by atoms with Gasteiger partial charge in [0.2, 0.25) is 5.75 Å². The molecule has 2 atom stereocenters. The Morgan fingerprint density at radius 1 is 1.71 bits per heavy atom. The Balaban J connectivity index is 2.88. The van der Waals surface area contributed by atoms with E-state index in [-0.39, 0.29) is 29.2 Å². The number of aromatic nitrogens is 2. The second-order valence-electron chi connectivity index (χ2n) is 3.50. The molecule has 17 heavy (non-hydrogen) atoms. The fourth-order valence-corrected chi connectivity index (χ4v) is 2.05. The SMILES string of the molecule is COc1c(NC(C)C(CO)SC)nc[nH]c1=O. The zero-order valence-corrected chi connectivity index (χ0v) is 10.9. The average molecular weight is 259 g/mol. The summed E-state index contributed by atoms with van der Waals surface area (Å²) in [7, 11) is 1.42. The lowest BCUT2D eigenvalue weighted by Crippen LogP contribution is -2.32. The molecular formula is C10H17N3O3S. The third-order valence-corrected chi connectivity index (χ3v) is 3.58. The molecule has 3 N–H and O–H groups in total. The van der Waals surface area contributed by atoms with E-state index >= 15 is 0 Å². The van der Waals surface area contributed by atoms with Crippen LogP contribution in [-0.4, -0.2) is 46.3 Å². The number of thioether (sulfide) groups is 1. The molecule has 0 amide bonds. The minimum atomic E-state index is -0.332. The Morgan fingerprint density at radius 2 is 2.41 bits per heavy atom. The molecule has 0 aliphatic heterocycles. The molecule has 0 bridgehead atoms. The molecule has 1 aromatic rings. The van der Waals surface area contributed by atoms with Gasteiger partial charge in [-0.1, -0.05) is 0 Å². The Bertz CT molecular complexity index is 406. The third kappa shape index (κ3) is 3.37. The fourth-order valence-electron chi connectivity index (χ4n) is 1.42. The molecular weight excluding hydrogens is 242 g/mol. The van der Waals surface area contributed by atoms with Crippen LogP contribution in [0.15, 0.2) is 11.1 Å². The topological polar surface area (TPSA) is 87.2 Å². The lowest BCUT2D eigenvalue weighted by Gasteiger charge is -2.22. The van der Waals surface area contributed by atoms with Crippen LogP contribution in [0.3, 0.4) is 0 Å². The van der Waals surface area contributed by atoms with E-state index in [1.54, 1.807) is 11.8 Å². The standard InChI is InChI=1S/C10H17N3O3S/c1-6(7(4-14)17-3)13-9-8(16-2)10(15)12-5-11-9/h5-7,14H,4H2,1-3H3,(H2,11,12,13,15). The summed E-state index contributed by atoms with van der Waals surface area (Å²) in [6.45, 7) is 1.97. The van der Waals surface area contributed by atoms with Crippen molar-refractivity contribution in [3.05, 3.63) is 16.7 Å². The number of H-pyrrole nitrogens is 1. The van der Waals surface area contributed by atoms with Crippen LogP contribution >= 0.6 is 11.8 Å². The molecule has 0 spiro atoms. The van der Waals surface area contributed by atoms with Crippen LogP contribution in [0.4, 0.5) is 5.82 Å². The monoisotopic (exact) mass is 259 g/mol. The van der Waals surface area contributed by atoms with Crippen LogP contribution < -0.4 is 15.6 Å². The first-order valence-corrected chi connectivity index (χ1v) is 6.44. The van der Waals surface area contributed by atoms with Gasteiger partial charge in [-0.2, -0.15) is 11.8 Å². The van der Waals surface area contributed by atoms with Crippen LogP contribution in [0.2, 0.25) is 0 Å². The van der Waals surface area contributed by atoms with Crippen molar-refractivity contribution in [3.8, 4) is 5.75 Å². The molecule has 0 fully saturated rings. The third-order valence-electron chi connectivity index (χ3n) is 2.42. The predicted octanol–water partition coefficient (Wildman–Crippen LogP) is 0.303. The molecule has 1 aromatic heterocycles. The number of hydrogen-bond acceptors (Lipinski definition) is 6. The highest BCUT2D eigenvalue weighted by atomic mass is 32.2. The van der Waals surface area contributed by atoms with Crippen molar-refractivity contribution in [3.63, 3.8) is 0 Å². The maximum atomic E-state index is 11.4. The Kier molecular flexibility index (Phi) is 5.30. The summed E-state index contributed by atoms with van der Waals surface area (Å²) in [5, 5.41) is 12.3. The smallest absolute Gasteiger partial charge is 0.295 e. The first kappa shape index (κ1) is 13.9. The van der Waals surface area contributed by atoms with Crippen LogP contribution in [0, 0.1) is 0 Å². The molecule has 0 aliphatic rings. The van der Waals surface area contributed by atoms with Crippen LogP contribution in [0.5, 0.6) is 5.75 Å². The second kappa shape index (κ2) is 6.51. The van der Waals surface area contributed by atoms with Gasteiger partial charge in [-0.15, -0.1) is 0 Å². The molecule has 1 rings (SSSR count). The molecule has 96 valence electrons. The van der Waals surface area contributed by atoms with Crippen molar-refractivity contribution in [2.45, 2.75) is 18.2 Å². The molecule has 0 aromatic carbocycles. The van der Waals surface area contributed by atoms with E-state index < -0.39 is 0 Å².